The molecule has 1 saturated heterocycles. The summed E-state index contributed by atoms with van der Waals surface area (Å²) in [6.45, 7) is 8.25. The number of hydrogen-bond donors (Lipinski definition) is 1. The molecule has 4 heteroatoms. The first-order valence-corrected chi connectivity index (χ1v) is 7.30. The van der Waals surface area contributed by atoms with Crippen LogP contribution in [0.4, 0.5) is 0 Å². The monoisotopic (exact) mass is 250 g/mol. The first-order valence-electron chi connectivity index (χ1n) is 7.30. The maximum absolute atomic E-state index is 4.05. The maximum Gasteiger partial charge on any atom is 0.0945 e. The first kappa shape index (κ1) is 13.6. The number of piperidine rings is 1. The summed E-state index contributed by atoms with van der Waals surface area (Å²) in [7, 11) is 0. The molecule has 1 aliphatic rings. The van der Waals surface area contributed by atoms with E-state index in [-0.39, 0.29) is 0 Å². The van der Waals surface area contributed by atoms with Gasteiger partial charge in [-0.05, 0) is 51.9 Å². The van der Waals surface area contributed by atoms with Crippen LogP contribution in [0.2, 0.25) is 0 Å². The molecule has 1 aromatic heterocycles. The molecule has 0 aromatic carbocycles. The van der Waals surface area contributed by atoms with Gasteiger partial charge in [0.25, 0.3) is 0 Å². The number of nitrogens with zero attached hydrogens (tertiary/aromatic N) is 3. The highest BCUT2D eigenvalue weighted by Gasteiger charge is 2.16. The molecule has 18 heavy (non-hydrogen) atoms. The SMILES string of the molecule is CCN1CCC(NCCCCn2ccnc2)CC1. The zero-order chi connectivity index (χ0) is 12.6. The van der Waals surface area contributed by atoms with Crippen LogP contribution in [0.1, 0.15) is 32.6 Å². The number of unbranched alkanes of at least 4 members (excludes halogenated alkanes) is 1. The topological polar surface area (TPSA) is 33.1 Å². The summed E-state index contributed by atoms with van der Waals surface area (Å²) in [5.41, 5.74) is 0. The van der Waals surface area contributed by atoms with Crippen molar-refractivity contribution in [1.29, 1.82) is 0 Å². The molecular weight excluding hydrogens is 224 g/mol. The Morgan fingerprint density at radius 3 is 2.78 bits per heavy atom. The van der Waals surface area contributed by atoms with Crippen molar-refractivity contribution in [2.75, 3.05) is 26.2 Å². The Bertz CT molecular complexity index is 302. The maximum atomic E-state index is 4.05. The molecule has 0 atom stereocenters. The van der Waals surface area contributed by atoms with Crippen molar-refractivity contribution in [3.63, 3.8) is 0 Å². The Labute approximate surface area is 110 Å². The van der Waals surface area contributed by atoms with Gasteiger partial charge in [0.05, 0.1) is 6.33 Å². The smallest absolute Gasteiger partial charge is 0.0945 e. The second-order valence-corrected chi connectivity index (χ2v) is 5.17. The van der Waals surface area contributed by atoms with Gasteiger partial charge in [-0.3, -0.25) is 0 Å². The van der Waals surface area contributed by atoms with E-state index in [1.54, 1.807) is 0 Å². The molecule has 0 amide bonds. The van der Waals surface area contributed by atoms with Crippen LogP contribution in [0, 0.1) is 0 Å². The summed E-state index contributed by atoms with van der Waals surface area (Å²) < 4.78 is 2.15. The highest BCUT2D eigenvalue weighted by Crippen LogP contribution is 2.09. The molecule has 2 heterocycles. The van der Waals surface area contributed by atoms with Crippen molar-refractivity contribution < 1.29 is 0 Å². The van der Waals surface area contributed by atoms with Crippen LogP contribution >= 0.6 is 0 Å². The lowest BCUT2D eigenvalue weighted by Crippen LogP contribution is -2.42. The van der Waals surface area contributed by atoms with E-state index in [1.807, 2.05) is 18.7 Å². The number of nitrogens with one attached hydrogen (secondary N) is 1. The lowest BCUT2D eigenvalue weighted by molar-refractivity contribution is 0.206. The van der Waals surface area contributed by atoms with Gasteiger partial charge in [-0.2, -0.15) is 0 Å². The van der Waals surface area contributed by atoms with E-state index in [4.69, 9.17) is 0 Å². The number of rotatable bonds is 7. The predicted octanol–water partition coefficient (Wildman–Crippen LogP) is 1.74. The molecule has 0 saturated carbocycles. The number of hydrogen-bond acceptors (Lipinski definition) is 3. The van der Waals surface area contributed by atoms with Gasteiger partial charge in [0.15, 0.2) is 0 Å². The quantitative estimate of drug-likeness (QED) is 0.748. The van der Waals surface area contributed by atoms with Gasteiger partial charge < -0.3 is 14.8 Å². The lowest BCUT2D eigenvalue weighted by Gasteiger charge is -2.31. The minimum Gasteiger partial charge on any atom is -0.337 e. The average Bonchev–Trinajstić information content (AvgIpc) is 2.92. The molecule has 1 fully saturated rings. The molecule has 0 aliphatic carbocycles. The van der Waals surface area contributed by atoms with Gasteiger partial charge in [-0.25, -0.2) is 4.98 Å². The largest absolute Gasteiger partial charge is 0.337 e. The molecule has 0 radical (unpaired) electrons. The number of aromatic nitrogens is 2. The second kappa shape index (κ2) is 7.54. The van der Waals surface area contributed by atoms with Crippen LogP contribution in [0.25, 0.3) is 0 Å². The minimum atomic E-state index is 0.751. The molecule has 0 bridgehead atoms. The molecule has 0 spiro atoms. The van der Waals surface area contributed by atoms with E-state index in [0.29, 0.717) is 0 Å². The van der Waals surface area contributed by atoms with E-state index in [2.05, 4.69) is 26.7 Å². The fourth-order valence-corrected chi connectivity index (χ4v) is 2.60. The molecule has 1 aromatic rings. The third-order valence-electron chi connectivity index (χ3n) is 3.87. The van der Waals surface area contributed by atoms with Gasteiger partial charge in [0, 0.05) is 25.0 Å². The molecular formula is C14H26N4. The fraction of sp³-hybridized carbons (Fsp3) is 0.786. The van der Waals surface area contributed by atoms with Crippen LogP contribution in [0.15, 0.2) is 18.7 Å². The van der Waals surface area contributed by atoms with Gasteiger partial charge in [-0.15, -0.1) is 0 Å². The van der Waals surface area contributed by atoms with E-state index >= 15 is 0 Å². The first-order chi connectivity index (χ1) is 8.88. The summed E-state index contributed by atoms with van der Waals surface area (Å²) in [5.74, 6) is 0. The summed E-state index contributed by atoms with van der Waals surface area (Å²) in [4.78, 5) is 6.59. The lowest BCUT2D eigenvalue weighted by atomic mass is 10.1. The van der Waals surface area contributed by atoms with Crippen LogP contribution < -0.4 is 5.32 Å². The molecule has 102 valence electrons. The molecule has 0 unspecified atom stereocenters. The number of aryl methyl sites for hydroxylation is 1. The molecule has 2 rings (SSSR count). The van der Waals surface area contributed by atoms with Crippen molar-refractivity contribution in [2.45, 2.75) is 45.2 Å². The Balaban J connectivity index is 1.48. The Morgan fingerprint density at radius 1 is 1.28 bits per heavy atom. The zero-order valence-electron chi connectivity index (χ0n) is 11.5. The van der Waals surface area contributed by atoms with Crippen molar-refractivity contribution in [3.8, 4) is 0 Å². The van der Waals surface area contributed by atoms with Gasteiger partial charge in [0.2, 0.25) is 0 Å². The predicted molar refractivity (Wildman–Crippen MR) is 74.6 cm³/mol. The van der Waals surface area contributed by atoms with Crippen molar-refractivity contribution >= 4 is 0 Å². The number of likely N-dealkylation sites (tertiary alicyclic amines) is 1. The molecule has 1 aliphatic heterocycles. The third-order valence-corrected chi connectivity index (χ3v) is 3.87. The fourth-order valence-electron chi connectivity index (χ4n) is 2.60. The van der Waals surface area contributed by atoms with E-state index < -0.39 is 0 Å². The van der Waals surface area contributed by atoms with E-state index in [0.717, 1.165) is 19.1 Å². The minimum absolute atomic E-state index is 0.751. The Kier molecular flexibility index (Phi) is 5.68. The zero-order valence-corrected chi connectivity index (χ0v) is 11.5. The summed E-state index contributed by atoms with van der Waals surface area (Å²) in [5, 5.41) is 3.69. The third kappa shape index (κ3) is 4.42. The number of imidazole rings is 1. The van der Waals surface area contributed by atoms with E-state index in [1.165, 1.54) is 45.3 Å². The van der Waals surface area contributed by atoms with E-state index in [9.17, 15) is 0 Å². The summed E-state index contributed by atoms with van der Waals surface area (Å²) in [6, 6.07) is 0.751. The Hall–Kier alpha value is -0.870. The van der Waals surface area contributed by atoms with Gasteiger partial charge >= 0.3 is 0 Å². The van der Waals surface area contributed by atoms with Crippen LogP contribution in [0.3, 0.4) is 0 Å². The van der Waals surface area contributed by atoms with Gasteiger partial charge in [0.1, 0.15) is 0 Å². The average molecular weight is 250 g/mol. The normalized spacial score (nSPS) is 18.3. The second-order valence-electron chi connectivity index (χ2n) is 5.17. The summed E-state index contributed by atoms with van der Waals surface area (Å²) >= 11 is 0. The highest BCUT2D eigenvalue weighted by atomic mass is 15.1. The molecule has 4 nitrogen and oxygen atoms in total. The standard InChI is InChI=1S/C14H26N4/c1-2-17-10-5-14(6-11-17)16-7-3-4-9-18-12-8-15-13-18/h8,12-14,16H,2-7,9-11H2,1H3. The van der Waals surface area contributed by atoms with Gasteiger partial charge in [-0.1, -0.05) is 6.92 Å². The van der Waals surface area contributed by atoms with Crippen molar-refractivity contribution in [3.05, 3.63) is 18.7 Å². The van der Waals surface area contributed by atoms with Crippen molar-refractivity contribution in [1.82, 2.24) is 19.8 Å². The Morgan fingerprint density at radius 2 is 2.11 bits per heavy atom. The van der Waals surface area contributed by atoms with Crippen LogP contribution in [-0.4, -0.2) is 46.7 Å². The highest BCUT2D eigenvalue weighted by molar-refractivity contribution is 4.77. The van der Waals surface area contributed by atoms with Crippen molar-refractivity contribution in [2.24, 2.45) is 0 Å². The molecule has 1 N–H and O–H groups in total. The van der Waals surface area contributed by atoms with Crippen LogP contribution in [0.5, 0.6) is 0 Å². The van der Waals surface area contributed by atoms with Crippen LogP contribution in [-0.2, 0) is 6.54 Å². The summed E-state index contributed by atoms with van der Waals surface area (Å²) in [6.07, 6.45) is 10.9.